The van der Waals surface area contributed by atoms with Crippen molar-refractivity contribution in [1.29, 1.82) is 10.5 Å². The van der Waals surface area contributed by atoms with Crippen LogP contribution in [0.15, 0.2) is 65.3 Å². The molecule has 0 radical (unpaired) electrons. The van der Waals surface area contributed by atoms with Crippen LogP contribution >= 0.6 is 0 Å². The second kappa shape index (κ2) is 8.82. The number of rotatable bonds is 4. The number of hydrogen-bond donors (Lipinski definition) is 1. The molecule has 4 rings (SSSR count). The highest BCUT2D eigenvalue weighted by Crippen LogP contribution is 2.29. The molecule has 2 N–H and O–H groups in total. The predicted octanol–water partition coefficient (Wildman–Crippen LogP) is 3.88. The van der Waals surface area contributed by atoms with E-state index in [-0.39, 0.29) is 0 Å². The maximum Gasteiger partial charge on any atom is 0.127 e. The molecule has 2 aromatic rings. The van der Waals surface area contributed by atoms with Gasteiger partial charge in [0.15, 0.2) is 0 Å². The molecule has 2 aliphatic rings. The number of hydrogen-bond acceptors (Lipinski definition) is 6. The molecule has 6 heteroatoms. The summed E-state index contributed by atoms with van der Waals surface area (Å²) in [5.41, 5.74) is 9.97. The van der Waals surface area contributed by atoms with Crippen molar-refractivity contribution < 1.29 is 0 Å². The van der Waals surface area contributed by atoms with Crippen LogP contribution in [0.5, 0.6) is 0 Å². The van der Waals surface area contributed by atoms with Gasteiger partial charge in [-0.1, -0.05) is 30.3 Å². The van der Waals surface area contributed by atoms with Crippen LogP contribution in [0.1, 0.15) is 24.8 Å². The van der Waals surface area contributed by atoms with Gasteiger partial charge in [-0.2, -0.15) is 15.6 Å². The first-order valence-corrected chi connectivity index (χ1v) is 10.3. The molecule has 0 aliphatic carbocycles. The maximum atomic E-state index is 9.79. The first kappa shape index (κ1) is 19.7. The van der Waals surface area contributed by atoms with Gasteiger partial charge in [0.05, 0.1) is 23.0 Å². The Hall–Kier alpha value is -3.61. The Balaban J connectivity index is 1.61. The lowest BCUT2D eigenvalue weighted by molar-refractivity contribution is 0.578. The van der Waals surface area contributed by atoms with E-state index in [1.807, 2.05) is 42.5 Å². The zero-order chi connectivity index (χ0) is 20.9. The van der Waals surface area contributed by atoms with Crippen molar-refractivity contribution in [2.45, 2.75) is 25.4 Å². The Morgan fingerprint density at radius 3 is 2.30 bits per heavy atom. The minimum atomic E-state index is -0.677. The second-order valence-electron chi connectivity index (χ2n) is 7.57. The lowest BCUT2D eigenvalue weighted by atomic mass is 9.95. The fourth-order valence-corrected chi connectivity index (χ4v) is 3.98. The molecule has 150 valence electrons. The van der Waals surface area contributed by atoms with Crippen molar-refractivity contribution >= 4 is 23.2 Å². The zero-order valence-electron chi connectivity index (χ0n) is 16.8. The molecule has 6 nitrogen and oxygen atoms in total. The summed E-state index contributed by atoms with van der Waals surface area (Å²) in [6, 6.07) is 22.1. The SMILES string of the molecule is N#C/C(=C\c1ccc(N2CCCCC2)cc1)C1=NN(c2ccccc2)[C@H](N)[C@H]1C#N. The lowest BCUT2D eigenvalue weighted by Crippen LogP contribution is -2.40. The van der Waals surface area contributed by atoms with E-state index in [9.17, 15) is 10.5 Å². The van der Waals surface area contributed by atoms with Crippen LogP contribution in [0.3, 0.4) is 0 Å². The van der Waals surface area contributed by atoms with E-state index in [1.165, 1.54) is 24.9 Å². The first-order chi connectivity index (χ1) is 14.7. The van der Waals surface area contributed by atoms with Crippen molar-refractivity contribution in [2.75, 3.05) is 23.0 Å². The minimum Gasteiger partial charge on any atom is -0.372 e. The molecule has 2 aromatic carbocycles. The monoisotopic (exact) mass is 396 g/mol. The van der Waals surface area contributed by atoms with Gasteiger partial charge in [0.25, 0.3) is 0 Å². The van der Waals surface area contributed by atoms with Crippen molar-refractivity contribution in [1.82, 2.24) is 0 Å². The summed E-state index contributed by atoms with van der Waals surface area (Å²) >= 11 is 0. The lowest BCUT2D eigenvalue weighted by Gasteiger charge is -2.28. The largest absolute Gasteiger partial charge is 0.372 e. The van der Waals surface area contributed by atoms with E-state index in [0.29, 0.717) is 11.3 Å². The van der Waals surface area contributed by atoms with Gasteiger partial charge in [-0.25, -0.2) is 5.01 Å². The van der Waals surface area contributed by atoms with Gasteiger partial charge < -0.3 is 10.6 Å². The molecule has 1 saturated heterocycles. The van der Waals surface area contributed by atoms with Gasteiger partial charge in [0.2, 0.25) is 0 Å². The van der Waals surface area contributed by atoms with Crippen molar-refractivity contribution in [3.8, 4) is 12.1 Å². The normalized spacial score (nSPS) is 21.7. The van der Waals surface area contributed by atoms with E-state index in [4.69, 9.17) is 5.73 Å². The average molecular weight is 396 g/mol. The van der Waals surface area contributed by atoms with E-state index in [2.05, 4.69) is 34.3 Å². The van der Waals surface area contributed by atoms with Crippen LogP contribution in [0, 0.1) is 28.6 Å². The third-order valence-corrected chi connectivity index (χ3v) is 5.62. The minimum absolute atomic E-state index is 0.362. The summed E-state index contributed by atoms with van der Waals surface area (Å²) in [5, 5.41) is 25.6. The molecule has 0 aromatic heterocycles. The molecule has 0 amide bonds. The van der Waals surface area contributed by atoms with Crippen LogP contribution in [-0.4, -0.2) is 25.0 Å². The molecule has 0 bridgehead atoms. The van der Waals surface area contributed by atoms with Gasteiger partial charge >= 0.3 is 0 Å². The summed E-state index contributed by atoms with van der Waals surface area (Å²) in [5.74, 6) is -0.677. The number of para-hydroxylation sites is 1. The molecule has 0 saturated carbocycles. The first-order valence-electron chi connectivity index (χ1n) is 10.3. The molecular weight excluding hydrogens is 372 g/mol. The number of nitriles is 2. The summed E-state index contributed by atoms with van der Waals surface area (Å²) in [7, 11) is 0. The summed E-state index contributed by atoms with van der Waals surface area (Å²) < 4.78 is 0. The van der Waals surface area contributed by atoms with Crippen LogP contribution in [0.25, 0.3) is 6.08 Å². The van der Waals surface area contributed by atoms with E-state index in [1.54, 1.807) is 11.1 Å². The Kier molecular flexibility index (Phi) is 5.79. The van der Waals surface area contributed by atoms with Crippen LogP contribution in [0.4, 0.5) is 11.4 Å². The number of nitrogens with zero attached hydrogens (tertiary/aromatic N) is 5. The average Bonchev–Trinajstić information content (AvgIpc) is 3.15. The number of anilines is 2. The Labute approximate surface area is 177 Å². The maximum absolute atomic E-state index is 9.79. The smallest absolute Gasteiger partial charge is 0.127 e. The van der Waals surface area contributed by atoms with E-state index in [0.717, 1.165) is 24.3 Å². The standard InChI is InChI=1S/C24H24N6/c25-16-19(15-18-9-11-20(12-10-18)29-13-5-2-6-14-29)23-22(17-26)24(27)30(28-23)21-7-3-1-4-8-21/h1,3-4,7-12,15,22,24H,2,5-6,13-14,27H2/b19-15+/t22-,24-/m0/s1. The molecule has 2 heterocycles. The second-order valence-corrected chi connectivity index (χ2v) is 7.57. The molecular formula is C24H24N6. The molecule has 1 fully saturated rings. The highest BCUT2D eigenvalue weighted by Gasteiger charge is 2.37. The van der Waals surface area contributed by atoms with Crippen LogP contribution in [0.2, 0.25) is 0 Å². The summed E-state index contributed by atoms with van der Waals surface area (Å²) in [6.07, 6.45) is 4.91. The summed E-state index contributed by atoms with van der Waals surface area (Å²) in [6.45, 7) is 2.18. The highest BCUT2D eigenvalue weighted by molar-refractivity contribution is 6.11. The third kappa shape index (κ3) is 3.91. The Morgan fingerprint density at radius 1 is 0.967 bits per heavy atom. The number of benzene rings is 2. The number of hydrazone groups is 1. The number of nitrogens with two attached hydrogens (primary N) is 1. The Bertz CT molecular complexity index is 1020. The zero-order valence-corrected chi connectivity index (χ0v) is 16.8. The van der Waals surface area contributed by atoms with Gasteiger partial charge in [-0.15, -0.1) is 0 Å². The quantitative estimate of drug-likeness (QED) is 0.792. The molecule has 0 spiro atoms. The van der Waals surface area contributed by atoms with E-state index < -0.39 is 12.1 Å². The van der Waals surface area contributed by atoms with Gasteiger partial charge in [0, 0.05) is 18.8 Å². The van der Waals surface area contributed by atoms with Crippen molar-refractivity contribution in [3.63, 3.8) is 0 Å². The molecule has 30 heavy (non-hydrogen) atoms. The topological polar surface area (TPSA) is 92.4 Å². The summed E-state index contributed by atoms with van der Waals surface area (Å²) in [4.78, 5) is 2.39. The fraction of sp³-hybridized carbons (Fsp3) is 0.292. The number of piperidine rings is 1. The van der Waals surface area contributed by atoms with Gasteiger partial charge in [-0.05, 0) is 55.2 Å². The van der Waals surface area contributed by atoms with Gasteiger partial charge in [-0.3, -0.25) is 0 Å². The van der Waals surface area contributed by atoms with Crippen molar-refractivity contribution in [2.24, 2.45) is 16.8 Å². The Morgan fingerprint density at radius 2 is 1.67 bits per heavy atom. The fourth-order valence-electron chi connectivity index (χ4n) is 3.98. The van der Waals surface area contributed by atoms with Gasteiger partial charge in [0.1, 0.15) is 18.2 Å². The number of allylic oxidation sites excluding steroid dienone is 1. The predicted molar refractivity (Wildman–Crippen MR) is 120 cm³/mol. The highest BCUT2D eigenvalue weighted by atomic mass is 15.5. The van der Waals surface area contributed by atoms with Crippen LogP contribution in [-0.2, 0) is 0 Å². The molecule has 2 atom stereocenters. The molecule has 2 aliphatic heterocycles. The van der Waals surface area contributed by atoms with Crippen molar-refractivity contribution in [3.05, 3.63) is 65.7 Å². The van der Waals surface area contributed by atoms with E-state index >= 15 is 0 Å². The molecule has 0 unspecified atom stereocenters. The van der Waals surface area contributed by atoms with Crippen LogP contribution < -0.4 is 15.6 Å². The third-order valence-electron chi connectivity index (χ3n) is 5.62.